The molecule has 2 rings (SSSR count). The van der Waals surface area contributed by atoms with Crippen LogP contribution >= 0.6 is 12.2 Å². The van der Waals surface area contributed by atoms with Gasteiger partial charge in [0.05, 0.1) is 0 Å². The minimum Gasteiger partial charge on any atom is -0.352 e. The number of hydrogen-bond donors (Lipinski definition) is 2. The second-order valence-electron chi connectivity index (χ2n) is 3.66. The Bertz CT molecular complexity index is 402. The average molecular weight is 211 g/mol. The van der Waals surface area contributed by atoms with Crippen LogP contribution in [-0.2, 0) is 11.3 Å². The number of hydrogen-bond acceptors (Lipinski definition) is 2. The summed E-state index contributed by atoms with van der Waals surface area (Å²) in [6.07, 6.45) is 4.04. The molecule has 0 aromatic carbocycles. The van der Waals surface area contributed by atoms with E-state index in [0.29, 0.717) is 17.4 Å². The first kappa shape index (κ1) is 9.45. The van der Waals surface area contributed by atoms with Crippen molar-refractivity contribution in [2.75, 3.05) is 0 Å². The second kappa shape index (κ2) is 3.57. The first-order valence-corrected chi connectivity index (χ1v) is 5.12. The van der Waals surface area contributed by atoms with Crippen LogP contribution in [0.4, 0.5) is 0 Å². The number of amides is 1. The molecule has 1 aliphatic rings. The van der Waals surface area contributed by atoms with Gasteiger partial charge in [-0.1, -0.05) is 0 Å². The van der Waals surface area contributed by atoms with E-state index in [4.69, 9.17) is 12.2 Å². The summed E-state index contributed by atoms with van der Waals surface area (Å²) in [6, 6.07) is 0.413. The van der Waals surface area contributed by atoms with Gasteiger partial charge in [0, 0.05) is 17.9 Å². The minimum absolute atomic E-state index is 0.0475. The number of H-pyrrole nitrogens is 1. The van der Waals surface area contributed by atoms with E-state index in [-0.39, 0.29) is 5.91 Å². The number of imidazole rings is 1. The molecule has 0 unspecified atom stereocenters. The van der Waals surface area contributed by atoms with Crippen molar-refractivity contribution in [3.05, 3.63) is 16.7 Å². The van der Waals surface area contributed by atoms with Crippen LogP contribution in [-0.4, -0.2) is 21.5 Å². The molecule has 0 spiro atoms. The molecule has 1 heterocycles. The maximum atomic E-state index is 11.5. The third-order valence-electron chi connectivity index (χ3n) is 2.32. The molecule has 0 atom stereocenters. The molecule has 0 bridgehead atoms. The number of nitrogens with one attached hydrogen (secondary N) is 2. The summed E-state index contributed by atoms with van der Waals surface area (Å²) in [6.45, 7) is 2.25. The topological polar surface area (TPSA) is 49.8 Å². The zero-order chi connectivity index (χ0) is 10.1. The fraction of sp³-hybridized carbons (Fsp3) is 0.556. The van der Waals surface area contributed by atoms with Gasteiger partial charge in [-0.3, -0.25) is 4.79 Å². The van der Waals surface area contributed by atoms with Crippen molar-refractivity contribution >= 4 is 18.1 Å². The largest absolute Gasteiger partial charge is 0.352 e. The van der Waals surface area contributed by atoms with Crippen LogP contribution in [0, 0.1) is 11.7 Å². The van der Waals surface area contributed by atoms with E-state index in [1.807, 2.05) is 13.1 Å². The van der Waals surface area contributed by atoms with Crippen LogP contribution in [0.15, 0.2) is 6.20 Å². The summed E-state index contributed by atoms with van der Waals surface area (Å²) < 4.78 is 2.40. The third-order valence-corrected chi connectivity index (χ3v) is 2.66. The maximum Gasteiger partial charge on any atom is 0.240 e. The fourth-order valence-corrected chi connectivity index (χ4v) is 1.59. The number of rotatable bonds is 3. The lowest BCUT2D eigenvalue weighted by molar-refractivity contribution is -0.121. The summed E-state index contributed by atoms with van der Waals surface area (Å²) in [7, 11) is 0. The summed E-state index contributed by atoms with van der Waals surface area (Å²) in [5.41, 5.74) is 0.987. The summed E-state index contributed by atoms with van der Waals surface area (Å²) in [5, 5.41) is 2.93. The van der Waals surface area contributed by atoms with Crippen LogP contribution in [0.3, 0.4) is 0 Å². The molecular weight excluding hydrogens is 198 g/mol. The molecule has 1 amide bonds. The molecule has 76 valence electrons. The smallest absolute Gasteiger partial charge is 0.240 e. The van der Waals surface area contributed by atoms with E-state index >= 15 is 0 Å². The van der Waals surface area contributed by atoms with Crippen LogP contribution in [0.2, 0.25) is 0 Å². The van der Waals surface area contributed by atoms with Crippen LogP contribution in [0.1, 0.15) is 18.5 Å². The Morgan fingerprint density at radius 3 is 3.00 bits per heavy atom. The van der Waals surface area contributed by atoms with Gasteiger partial charge in [-0.25, -0.2) is 0 Å². The molecule has 1 fully saturated rings. The molecule has 2 N–H and O–H groups in total. The van der Waals surface area contributed by atoms with Gasteiger partial charge in [0.1, 0.15) is 6.54 Å². The highest BCUT2D eigenvalue weighted by Gasteiger charge is 2.23. The third kappa shape index (κ3) is 2.04. The van der Waals surface area contributed by atoms with Gasteiger partial charge in [0.2, 0.25) is 5.91 Å². The summed E-state index contributed by atoms with van der Waals surface area (Å²) in [4.78, 5) is 14.4. The lowest BCUT2D eigenvalue weighted by Gasteiger charge is -2.05. The van der Waals surface area contributed by atoms with E-state index in [2.05, 4.69) is 10.3 Å². The van der Waals surface area contributed by atoms with Gasteiger partial charge in [0.15, 0.2) is 4.77 Å². The number of aryl methyl sites for hydroxylation is 1. The normalized spacial score (nSPS) is 15.5. The molecule has 1 saturated carbocycles. The molecule has 0 radical (unpaired) electrons. The van der Waals surface area contributed by atoms with Crippen molar-refractivity contribution in [2.45, 2.75) is 32.4 Å². The summed E-state index contributed by atoms with van der Waals surface area (Å²) in [5.74, 6) is 0.0475. The SMILES string of the molecule is Cc1c[nH]c(=S)n1CC(=O)NC1CC1. The number of carbonyl (C=O) groups excluding carboxylic acids is 1. The van der Waals surface area contributed by atoms with Crippen molar-refractivity contribution in [1.82, 2.24) is 14.9 Å². The highest BCUT2D eigenvalue weighted by atomic mass is 32.1. The van der Waals surface area contributed by atoms with E-state index in [1.54, 1.807) is 4.57 Å². The Balaban J connectivity index is 2.02. The number of aromatic amines is 1. The summed E-state index contributed by atoms with van der Waals surface area (Å²) >= 11 is 5.05. The fourth-order valence-electron chi connectivity index (χ4n) is 1.32. The van der Waals surface area contributed by atoms with Gasteiger partial charge in [0.25, 0.3) is 0 Å². The Kier molecular flexibility index (Phi) is 2.41. The molecule has 1 aromatic rings. The predicted octanol–water partition coefficient (Wildman–Crippen LogP) is 1.13. The predicted molar refractivity (Wildman–Crippen MR) is 55.5 cm³/mol. The van der Waals surface area contributed by atoms with Gasteiger partial charge < -0.3 is 14.9 Å². The van der Waals surface area contributed by atoms with Crippen molar-refractivity contribution in [3.8, 4) is 0 Å². The average Bonchev–Trinajstić information content (AvgIpc) is 2.88. The molecule has 14 heavy (non-hydrogen) atoms. The Hall–Kier alpha value is -1.10. The van der Waals surface area contributed by atoms with E-state index in [1.165, 1.54) is 0 Å². The van der Waals surface area contributed by atoms with Gasteiger partial charge in [-0.15, -0.1) is 0 Å². The Morgan fingerprint density at radius 2 is 2.50 bits per heavy atom. The molecule has 0 saturated heterocycles. The standard InChI is InChI=1S/C9H13N3OS/c1-6-4-10-9(14)12(6)5-8(13)11-7-2-3-7/h4,7H,2-3,5H2,1H3,(H,10,14)(H,11,13). The Labute approximate surface area is 87.3 Å². The second-order valence-corrected chi connectivity index (χ2v) is 4.05. The van der Waals surface area contributed by atoms with Crippen LogP contribution < -0.4 is 5.32 Å². The molecular formula is C9H13N3OS. The number of aromatic nitrogens is 2. The quantitative estimate of drug-likeness (QED) is 0.736. The van der Waals surface area contributed by atoms with Gasteiger partial charge in [-0.2, -0.15) is 0 Å². The van der Waals surface area contributed by atoms with Crippen LogP contribution in [0.25, 0.3) is 0 Å². The van der Waals surface area contributed by atoms with E-state index in [0.717, 1.165) is 18.5 Å². The monoisotopic (exact) mass is 211 g/mol. The molecule has 1 aliphatic carbocycles. The van der Waals surface area contributed by atoms with Crippen molar-refractivity contribution < 1.29 is 4.79 Å². The van der Waals surface area contributed by atoms with Gasteiger partial charge in [-0.05, 0) is 32.0 Å². The highest BCUT2D eigenvalue weighted by Crippen LogP contribution is 2.18. The minimum atomic E-state index is 0.0475. The van der Waals surface area contributed by atoms with Crippen molar-refractivity contribution in [1.29, 1.82) is 0 Å². The lowest BCUT2D eigenvalue weighted by atomic mass is 10.5. The number of nitrogens with zero attached hydrogens (tertiary/aromatic N) is 1. The molecule has 4 nitrogen and oxygen atoms in total. The number of carbonyl (C=O) groups is 1. The highest BCUT2D eigenvalue weighted by molar-refractivity contribution is 7.71. The van der Waals surface area contributed by atoms with E-state index in [9.17, 15) is 4.79 Å². The lowest BCUT2D eigenvalue weighted by Crippen LogP contribution is -2.29. The zero-order valence-electron chi connectivity index (χ0n) is 8.04. The van der Waals surface area contributed by atoms with Crippen molar-refractivity contribution in [2.24, 2.45) is 0 Å². The first-order valence-electron chi connectivity index (χ1n) is 4.71. The van der Waals surface area contributed by atoms with Crippen LogP contribution in [0.5, 0.6) is 0 Å². The van der Waals surface area contributed by atoms with Crippen molar-refractivity contribution in [3.63, 3.8) is 0 Å². The Morgan fingerprint density at radius 1 is 1.79 bits per heavy atom. The van der Waals surface area contributed by atoms with Gasteiger partial charge >= 0.3 is 0 Å². The molecule has 1 aromatic heterocycles. The zero-order valence-corrected chi connectivity index (χ0v) is 8.86. The molecule has 0 aliphatic heterocycles. The maximum absolute atomic E-state index is 11.5. The molecule has 5 heteroatoms. The first-order chi connectivity index (χ1) is 6.66. The van der Waals surface area contributed by atoms with E-state index < -0.39 is 0 Å².